The van der Waals surface area contributed by atoms with Crippen LogP contribution in [0.25, 0.3) is 32.9 Å². The minimum Gasteiger partial charge on any atom is -0.268 e. The summed E-state index contributed by atoms with van der Waals surface area (Å²) in [5.74, 6) is 0. The van der Waals surface area contributed by atoms with Crippen molar-refractivity contribution in [1.29, 1.82) is 0 Å². The summed E-state index contributed by atoms with van der Waals surface area (Å²) in [6, 6.07) is 17.3. The molecule has 0 spiro atoms. The predicted molar refractivity (Wildman–Crippen MR) is 145 cm³/mol. The van der Waals surface area contributed by atoms with Gasteiger partial charge in [-0.3, -0.25) is 19.2 Å². The van der Waals surface area contributed by atoms with E-state index < -0.39 is 22.2 Å². The Morgan fingerprint density at radius 2 is 0.694 bits per heavy atom. The van der Waals surface area contributed by atoms with E-state index in [0.29, 0.717) is 11.4 Å². The van der Waals surface area contributed by atoms with Gasteiger partial charge in [0, 0.05) is 0 Å². The Morgan fingerprint density at radius 1 is 0.444 bits per heavy atom. The van der Waals surface area contributed by atoms with Gasteiger partial charge < -0.3 is 0 Å². The molecule has 0 bridgehead atoms. The van der Waals surface area contributed by atoms with Crippen molar-refractivity contribution in [3.63, 3.8) is 0 Å². The van der Waals surface area contributed by atoms with Crippen molar-refractivity contribution in [2.24, 2.45) is 0 Å². The maximum atomic E-state index is 13.3. The highest BCUT2D eigenvalue weighted by Crippen LogP contribution is 2.25. The lowest BCUT2D eigenvalue weighted by atomic mass is 9.87. The van der Waals surface area contributed by atoms with Crippen molar-refractivity contribution in [2.45, 2.75) is 52.4 Å². The minimum absolute atomic E-state index is 0.0685. The Labute approximate surface area is 207 Å². The van der Waals surface area contributed by atoms with Gasteiger partial charge in [-0.05, 0) is 58.4 Å². The van der Waals surface area contributed by atoms with Crippen molar-refractivity contribution in [2.75, 3.05) is 0 Å². The van der Waals surface area contributed by atoms with Crippen LogP contribution in [0.5, 0.6) is 0 Å². The fourth-order valence-corrected chi connectivity index (χ4v) is 4.66. The summed E-state index contributed by atoms with van der Waals surface area (Å²) < 4.78 is 2.20. The van der Waals surface area contributed by atoms with Crippen molar-refractivity contribution in [3.8, 4) is 11.4 Å². The Hall–Kier alpha value is -4.06. The molecule has 0 radical (unpaired) electrons. The number of benzene rings is 3. The van der Waals surface area contributed by atoms with E-state index in [1.807, 2.05) is 24.3 Å². The third-order valence-electron chi connectivity index (χ3n) is 6.87. The summed E-state index contributed by atoms with van der Waals surface area (Å²) in [6.07, 6.45) is 0. The van der Waals surface area contributed by atoms with Crippen LogP contribution in [0.3, 0.4) is 0 Å². The lowest BCUT2D eigenvalue weighted by Gasteiger charge is -2.19. The zero-order chi connectivity index (χ0) is 26.2. The molecule has 0 fully saturated rings. The topological polar surface area (TPSA) is 78.1 Å². The number of hydrogen-bond donors (Lipinski definition) is 0. The van der Waals surface area contributed by atoms with E-state index >= 15 is 0 Å². The van der Waals surface area contributed by atoms with Gasteiger partial charge in [0.15, 0.2) is 0 Å². The first-order valence-corrected chi connectivity index (χ1v) is 12.0. The van der Waals surface area contributed by atoms with Gasteiger partial charge in [-0.25, -0.2) is 9.13 Å². The lowest BCUT2D eigenvalue weighted by molar-refractivity contribution is 0.590. The fourth-order valence-electron chi connectivity index (χ4n) is 4.66. The van der Waals surface area contributed by atoms with Crippen LogP contribution in [-0.4, -0.2) is 9.13 Å². The molecule has 0 aliphatic heterocycles. The molecule has 2 heterocycles. The lowest BCUT2D eigenvalue weighted by Crippen LogP contribution is -2.24. The highest BCUT2D eigenvalue weighted by Gasteiger charge is 2.22. The summed E-state index contributed by atoms with van der Waals surface area (Å²) in [5, 5.41) is 0.518. The molecule has 36 heavy (non-hydrogen) atoms. The molecule has 0 aliphatic rings. The van der Waals surface area contributed by atoms with Crippen molar-refractivity contribution < 1.29 is 0 Å². The van der Waals surface area contributed by atoms with E-state index in [-0.39, 0.29) is 32.4 Å². The largest absolute Gasteiger partial charge is 0.268 e. The highest BCUT2D eigenvalue weighted by molar-refractivity contribution is 5.98. The standard InChI is InChI=1S/C30H28N2O4/c1-29(2,3)17-7-11-19(12-8-17)31-25(33)21-15-23-24(16-22(21)26(31)34)28(36)32(27(23)35)20-13-9-18(10-14-20)30(4,5)6/h7-16H,1-6H3. The fraction of sp³-hybridized carbons (Fsp3) is 0.267. The van der Waals surface area contributed by atoms with E-state index in [0.717, 1.165) is 20.3 Å². The number of nitrogens with zero attached hydrogens (tertiary/aromatic N) is 2. The van der Waals surface area contributed by atoms with Crippen LogP contribution in [0.1, 0.15) is 52.7 Å². The molecule has 6 nitrogen and oxygen atoms in total. The molecule has 5 rings (SSSR count). The number of hydrogen-bond acceptors (Lipinski definition) is 4. The number of aromatic nitrogens is 2. The van der Waals surface area contributed by atoms with Crippen LogP contribution in [0.2, 0.25) is 0 Å². The molecule has 0 amide bonds. The third-order valence-corrected chi connectivity index (χ3v) is 6.87. The van der Waals surface area contributed by atoms with E-state index in [2.05, 4.69) is 41.5 Å². The summed E-state index contributed by atoms with van der Waals surface area (Å²) in [5.41, 5.74) is 0.901. The van der Waals surface area contributed by atoms with Gasteiger partial charge in [0.25, 0.3) is 22.2 Å². The molecular weight excluding hydrogens is 452 g/mol. The molecule has 2 aromatic heterocycles. The first kappa shape index (κ1) is 23.7. The summed E-state index contributed by atoms with van der Waals surface area (Å²) in [4.78, 5) is 53.0. The molecule has 0 aliphatic carbocycles. The van der Waals surface area contributed by atoms with Gasteiger partial charge in [0.2, 0.25) is 0 Å². The van der Waals surface area contributed by atoms with Gasteiger partial charge in [-0.2, -0.15) is 0 Å². The molecule has 0 atom stereocenters. The SMILES string of the molecule is CC(C)(C)c1ccc(-n2c(=O)c3cc4c(=O)n(-c5ccc(C(C)(C)C)cc5)c(=O)c4cc3c2=O)cc1. The molecular formula is C30H28N2O4. The normalized spacial score (nSPS) is 12.6. The average molecular weight is 481 g/mol. The van der Waals surface area contributed by atoms with Gasteiger partial charge in [-0.15, -0.1) is 0 Å². The van der Waals surface area contributed by atoms with Crippen LogP contribution < -0.4 is 22.2 Å². The summed E-state index contributed by atoms with van der Waals surface area (Å²) in [7, 11) is 0. The second-order valence-corrected chi connectivity index (χ2v) is 11.4. The van der Waals surface area contributed by atoms with E-state index in [1.165, 1.54) is 12.1 Å². The van der Waals surface area contributed by atoms with Crippen LogP contribution in [0, 0.1) is 0 Å². The average Bonchev–Trinajstić information content (AvgIpc) is 3.21. The Balaban J connectivity index is 1.69. The Morgan fingerprint density at radius 3 is 0.917 bits per heavy atom. The molecule has 0 unspecified atom stereocenters. The molecule has 0 saturated heterocycles. The second kappa shape index (κ2) is 7.72. The molecule has 5 aromatic rings. The molecule has 3 aromatic carbocycles. The third kappa shape index (κ3) is 3.56. The number of rotatable bonds is 2. The number of fused-ring (bicyclic) bond motifs is 2. The van der Waals surface area contributed by atoms with Gasteiger partial charge in [0.05, 0.1) is 32.9 Å². The minimum atomic E-state index is -0.505. The van der Waals surface area contributed by atoms with Crippen molar-refractivity contribution in [1.82, 2.24) is 9.13 Å². The zero-order valence-electron chi connectivity index (χ0n) is 21.3. The van der Waals surface area contributed by atoms with Crippen molar-refractivity contribution in [3.05, 3.63) is 113 Å². The zero-order valence-corrected chi connectivity index (χ0v) is 21.3. The van der Waals surface area contributed by atoms with Crippen molar-refractivity contribution >= 4 is 21.5 Å². The van der Waals surface area contributed by atoms with Crippen LogP contribution in [0.15, 0.2) is 79.8 Å². The first-order valence-electron chi connectivity index (χ1n) is 12.0. The van der Waals surface area contributed by atoms with Gasteiger partial charge in [0.1, 0.15) is 0 Å². The monoisotopic (exact) mass is 480 g/mol. The predicted octanol–water partition coefficient (Wildman–Crippen LogP) is 4.49. The summed E-state index contributed by atoms with van der Waals surface area (Å²) in [6.45, 7) is 12.5. The summed E-state index contributed by atoms with van der Waals surface area (Å²) >= 11 is 0. The second-order valence-electron chi connectivity index (χ2n) is 11.4. The Kier molecular flexibility index (Phi) is 5.08. The Bertz CT molecular complexity index is 1630. The quantitative estimate of drug-likeness (QED) is 0.373. The first-order chi connectivity index (χ1) is 16.8. The van der Waals surface area contributed by atoms with E-state index in [9.17, 15) is 19.2 Å². The highest BCUT2D eigenvalue weighted by atomic mass is 16.2. The van der Waals surface area contributed by atoms with Gasteiger partial charge in [-0.1, -0.05) is 65.8 Å². The molecule has 0 saturated carbocycles. The van der Waals surface area contributed by atoms with E-state index in [4.69, 9.17) is 0 Å². The molecule has 182 valence electrons. The maximum Gasteiger partial charge on any atom is 0.266 e. The molecule has 0 N–H and O–H groups in total. The smallest absolute Gasteiger partial charge is 0.266 e. The van der Waals surface area contributed by atoms with Crippen LogP contribution in [0.4, 0.5) is 0 Å². The van der Waals surface area contributed by atoms with Gasteiger partial charge >= 0.3 is 0 Å². The molecule has 6 heteroatoms. The maximum absolute atomic E-state index is 13.3. The van der Waals surface area contributed by atoms with Crippen LogP contribution in [-0.2, 0) is 10.8 Å². The van der Waals surface area contributed by atoms with Crippen LogP contribution >= 0.6 is 0 Å². The van der Waals surface area contributed by atoms with E-state index in [1.54, 1.807) is 24.3 Å².